The molecule has 0 unspecified atom stereocenters. The smallest absolute Gasteiger partial charge is 0.286 e. The molecule has 78 valence electrons. The lowest BCUT2D eigenvalue weighted by Gasteiger charge is -2.13. The van der Waals surface area contributed by atoms with Gasteiger partial charge in [-0.15, -0.1) is 0 Å². The van der Waals surface area contributed by atoms with Crippen molar-refractivity contribution < 1.29 is 13.5 Å². The number of nitriles is 1. The fourth-order valence-electron chi connectivity index (χ4n) is 1.62. The standard InChI is InChI=1S/C11H9F2NO/c12-11(13,4-5-14)9-1-2-10-8(7-9)3-6-15-10/h1-2,7H,3-4,6H2. The largest absolute Gasteiger partial charge is 0.493 e. The lowest BCUT2D eigenvalue weighted by molar-refractivity contribution is 0.000884. The van der Waals surface area contributed by atoms with Crippen LogP contribution in [0.2, 0.25) is 0 Å². The van der Waals surface area contributed by atoms with Gasteiger partial charge in [-0.1, -0.05) is 0 Å². The van der Waals surface area contributed by atoms with E-state index in [0.29, 0.717) is 18.8 Å². The Balaban J connectivity index is 2.34. The van der Waals surface area contributed by atoms with Gasteiger partial charge < -0.3 is 4.74 Å². The number of benzene rings is 1. The number of alkyl halides is 2. The number of fused-ring (bicyclic) bond motifs is 1. The van der Waals surface area contributed by atoms with E-state index >= 15 is 0 Å². The lowest BCUT2D eigenvalue weighted by atomic mass is 10.0. The van der Waals surface area contributed by atoms with Crippen molar-refractivity contribution in [3.8, 4) is 11.8 Å². The minimum atomic E-state index is -3.06. The van der Waals surface area contributed by atoms with E-state index in [9.17, 15) is 8.78 Å². The molecule has 2 nitrogen and oxygen atoms in total. The molecular formula is C11H9F2NO. The van der Waals surface area contributed by atoms with E-state index in [2.05, 4.69) is 0 Å². The second-order valence-corrected chi connectivity index (χ2v) is 3.46. The average molecular weight is 209 g/mol. The zero-order valence-corrected chi connectivity index (χ0v) is 7.96. The van der Waals surface area contributed by atoms with E-state index in [4.69, 9.17) is 10.00 Å². The molecule has 0 N–H and O–H groups in total. The van der Waals surface area contributed by atoms with Crippen LogP contribution in [0.25, 0.3) is 0 Å². The van der Waals surface area contributed by atoms with Crippen LogP contribution in [0.4, 0.5) is 8.78 Å². The maximum Gasteiger partial charge on any atom is 0.286 e. The molecule has 1 aromatic rings. The van der Waals surface area contributed by atoms with Gasteiger partial charge in [-0.2, -0.15) is 5.26 Å². The Morgan fingerprint density at radius 3 is 3.00 bits per heavy atom. The van der Waals surface area contributed by atoms with Gasteiger partial charge in [-0.25, -0.2) is 8.78 Å². The van der Waals surface area contributed by atoms with Gasteiger partial charge in [0.25, 0.3) is 5.92 Å². The van der Waals surface area contributed by atoms with Crippen molar-refractivity contribution in [2.45, 2.75) is 18.8 Å². The molecule has 0 spiro atoms. The van der Waals surface area contributed by atoms with Crippen LogP contribution in [0.1, 0.15) is 17.5 Å². The maximum atomic E-state index is 13.4. The van der Waals surface area contributed by atoms with Crippen molar-refractivity contribution in [2.24, 2.45) is 0 Å². The number of rotatable bonds is 2. The van der Waals surface area contributed by atoms with Gasteiger partial charge >= 0.3 is 0 Å². The van der Waals surface area contributed by atoms with Gasteiger partial charge in [0.1, 0.15) is 12.2 Å². The molecular weight excluding hydrogens is 200 g/mol. The summed E-state index contributed by atoms with van der Waals surface area (Å²) in [4.78, 5) is 0. The fourth-order valence-corrected chi connectivity index (χ4v) is 1.62. The second-order valence-electron chi connectivity index (χ2n) is 3.46. The van der Waals surface area contributed by atoms with Gasteiger partial charge in [0.15, 0.2) is 0 Å². The van der Waals surface area contributed by atoms with Crippen molar-refractivity contribution in [3.05, 3.63) is 29.3 Å². The predicted molar refractivity (Wildman–Crippen MR) is 49.8 cm³/mol. The highest BCUT2D eigenvalue weighted by Crippen LogP contribution is 2.35. The SMILES string of the molecule is N#CCC(F)(F)c1ccc2c(c1)CCO2. The third kappa shape index (κ3) is 1.78. The van der Waals surface area contributed by atoms with Crippen LogP contribution in [-0.2, 0) is 12.3 Å². The van der Waals surface area contributed by atoms with Gasteiger partial charge in [0.2, 0.25) is 0 Å². The molecule has 0 bridgehead atoms. The van der Waals surface area contributed by atoms with Crippen molar-refractivity contribution in [1.29, 1.82) is 5.26 Å². The topological polar surface area (TPSA) is 33.0 Å². The maximum absolute atomic E-state index is 13.4. The molecule has 15 heavy (non-hydrogen) atoms. The first-order valence-corrected chi connectivity index (χ1v) is 4.64. The Morgan fingerprint density at radius 2 is 2.27 bits per heavy atom. The summed E-state index contributed by atoms with van der Waals surface area (Å²) in [5.41, 5.74) is 0.693. The normalized spacial score (nSPS) is 14.2. The van der Waals surface area contributed by atoms with Crippen LogP contribution in [0.15, 0.2) is 18.2 Å². The molecule has 0 radical (unpaired) electrons. The summed E-state index contributed by atoms with van der Waals surface area (Å²) in [6.45, 7) is 0.544. The van der Waals surface area contributed by atoms with Gasteiger partial charge in [-0.3, -0.25) is 0 Å². The molecule has 0 saturated carbocycles. The molecule has 0 aliphatic carbocycles. The van der Waals surface area contributed by atoms with Crippen molar-refractivity contribution >= 4 is 0 Å². The summed E-state index contributed by atoms with van der Waals surface area (Å²) >= 11 is 0. The summed E-state index contributed by atoms with van der Waals surface area (Å²) in [5, 5.41) is 8.30. The zero-order valence-electron chi connectivity index (χ0n) is 7.96. The van der Waals surface area contributed by atoms with Crippen molar-refractivity contribution in [3.63, 3.8) is 0 Å². The fraction of sp³-hybridized carbons (Fsp3) is 0.364. The first-order valence-electron chi connectivity index (χ1n) is 4.64. The first kappa shape index (κ1) is 9.91. The Bertz CT molecular complexity index is 423. The molecule has 0 saturated heterocycles. The highest BCUT2D eigenvalue weighted by molar-refractivity contribution is 5.41. The predicted octanol–water partition coefficient (Wildman–Crippen LogP) is 2.63. The zero-order chi connectivity index (χ0) is 10.9. The minimum absolute atomic E-state index is 0.103. The van der Waals surface area contributed by atoms with Gasteiger partial charge in [0, 0.05) is 12.0 Å². The van der Waals surface area contributed by atoms with E-state index in [-0.39, 0.29) is 5.56 Å². The van der Waals surface area contributed by atoms with Crippen LogP contribution in [0.5, 0.6) is 5.75 Å². The van der Waals surface area contributed by atoms with E-state index < -0.39 is 12.3 Å². The number of hydrogen-bond donors (Lipinski definition) is 0. The summed E-state index contributed by atoms with van der Waals surface area (Å²) in [5.74, 6) is -2.39. The Morgan fingerprint density at radius 1 is 1.47 bits per heavy atom. The van der Waals surface area contributed by atoms with Gasteiger partial charge in [-0.05, 0) is 23.8 Å². The Labute approximate surface area is 86.1 Å². The molecule has 1 aliphatic rings. The summed E-state index contributed by atoms with van der Waals surface area (Å²) in [6.07, 6.45) is -0.127. The lowest BCUT2D eigenvalue weighted by Crippen LogP contribution is -2.12. The van der Waals surface area contributed by atoms with Crippen LogP contribution < -0.4 is 4.74 Å². The molecule has 0 aromatic heterocycles. The molecule has 1 aromatic carbocycles. The van der Waals surface area contributed by atoms with Crippen molar-refractivity contribution in [2.75, 3.05) is 6.61 Å². The Hall–Kier alpha value is -1.63. The first-order chi connectivity index (χ1) is 7.13. The highest BCUT2D eigenvalue weighted by atomic mass is 19.3. The molecule has 0 amide bonds. The number of hydrogen-bond acceptors (Lipinski definition) is 2. The van der Waals surface area contributed by atoms with Crippen LogP contribution in [-0.4, -0.2) is 6.61 Å². The Kier molecular flexibility index (Phi) is 2.31. The molecule has 0 atom stereocenters. The molecule has 0 fully saturated rings. The number of nitrogens with zero attached hydrogens (tertiary/aromatic N) is 1. The van der Waals surface area contributed by atoms with Crippen molar-refractivity contribution in [1.82, 2.24) is 0 Å². The van der Waals surface area contributed by atoms with E-state index in [1.807, 2.05) is 0 Å². The highest BCUT2D eigenvalue weighted by Gasteiger charge is 2.32. The summed E-state index contributed by atoms with van der Waals surface area (Å²) < 4.78 is 31.9. The van der Waals surface area contributed by atoms with E-state index in [1.54, 1.807) is 6.07 Å². The van der Waals surface area contributed by atoms with Gasteiger partial charge in [0.05, 0.1) is 12.7 Å². The third-order valence-electron chi connectivity index (χ3n) is 2.41. The quantitative estimate of drug-likeness (QED) is 0.750. The molecule has 4 heteroatoms. The molecule has 1 heterocycles. The van der Waals surface area contributed by atoms with Crippen LogP contribution >= 0.6 is 0 Å². The number of halogens is 2. The van der Waals surface area contributed by atoms with E-state index in [1.165, 1.54) is 18.2 Å². The summed E-state index contributed by atoms with van der Waals surface area (Å²) in [6, 6.07) is 5.79. The van der Waals surface area contributed by atoms with E-state index in [0.717, 1.165) is 5.56 Å². The monoisotopic (exact) mass is 209 g/mol. The summed E-state index contributed by atoms with van der Waals surface area (Å²) in [7, 11) is 0. The average Bonchev–Trinajstić information content (AvgIpc) is 2.63. The van der Waals surface area contributed by atoms with Crippen LogP contribution in [0, 0.1) is 11.3 Å². The second kappa shape index (κ2) is 3.50. The number of ether oxygens (including phenoxy) is 1. The van der Waals surface area contributed by atoms with Crippen LogP contribution in [0.3, 0.4) is 0 Å². The third-order valence-corrected chi connectivity index (χ3v) is 2.41. The molecule has 1 aliphatic heterocycles. The minimum Gasteiger partial charge on any atom is -0.493 e. The molecule has 2 rings (SSSR count).